The van der Waals surface area contributed by atoms with Crippen LogP contribution in [0.25, 0.3) is 0 Å². The molecule has 1 amide bonds. The molecule has 0 aromatic heterocycles. The predicted octanol–water partition coefficient (Wildman–Crippen LogP) is 4.37. The number of rotatable bonds is 5. The van der Waals surface area contributed by atoms with E-state index in [9.17, 15) is 4.79 Å². The highest BCUT2D eigenvalue weighted by molar-refractivity contribution is 9.11. The van der Waals surface area contributed by atoms with Crippen LogP contribution in [0.4, 0.5) is 5.69 Å². The standard InChI is InChI=1S/C15H14Br2N2O2/c1-2-21-12-6-3-10(4-7-12)15(20)19-18-14-8-5-11(16)9-13(14)17/h3-9,18H,2H2,1H3,(H,19,20). The van der Waals surface area contributed by atoms with Gasteiger partial charge in [-0.3, -0.25) is 15.6 Å². The number of hydrogen-bond acceptors (Lipinski definition) is 3. The minimum atomic E-state index is -0.215. The lowest BCUT2D eigenvalue weighted by molar-refractivity contribution is 0.0962. The molecule has 6 heteroatoms. The van der Waals surface area contributed by atoms with Crippen LogP contribution in [0.1, 0.15) is 17.3 Å². The van der Waals surface area contributed by atoms with Crippen molar-refractivity contribution in [2.24, 2.45) is 0 Å². The molecule has 0 atom stereocenters. The number of hydrogen-bond donors (Lipinski definition) is 2. The Morgan fingerprint density at radius 1 is 1.14 bits per heavy atom. The zero-order valence-electron chi connectivity index (χ0n) is 11.3. The van der Waals surface area contributed by atoms with E-state index in [0.29, 0.717) is 12.2 Å². The summed E-state index contributed by atoms with van der Waals surface area (Å²) in [5, 5.41) is 0. The van der Waals surface area contributed by atoms with Crippen LogP contribution in [-0.2, 0) is 0 Å². The fourth-order valence-electron chi connectivity index (χ4n) is 1.66. The first-order valence-electron chi connectivity index (χ1n) is 6.34. The second-order valence-electron chi connectivity index (χ2n) is 4.16. The van der Waals surface area contributed by atoms with Crippen molar-refractivity contribution in [3.8, 4) is 5.75 Å². The maximum absolute atomic E-state index is 12.0. The summed E-state index contributed by atoms with van der Waals surface area (Å²) in [4.78, 5) is 12.0. The Bertz CT molecular complexity index is 630. The second kappa shape index (κ2) is 7.47. The minimum Gasteiger partial charge on any atom is -0.494 e. The number of ether oxygens (including phenoxy) is 1. The number of benzene rings is 2. The molecular weight excluding hydrogens is 400 g/mol. The molecular formula is C15H14Br2N2O2. The van der Waals surface area contributed by atoms with Crippen molar-refractivity contribution in [2.45, 2.75) is 6.92 Å². The van der Waals surface area contributed by atoms with Gasteiger partial charge in [0, 0.05) is 14.5 Å². The topological polar surface area (TPSA) is 50.4 Å². The number of carbonyl (C=O) groups is 1. The summed E-state index contributed by atoms with van der Waals surface area (Å²) in [6.45, 7) is 2.52. The molecule has 21 heavy (non-hydrogen) atoms. The SMILES string of the molecule is CCOc1ccc(C(=O)NNc2ccc(Br)cc2Br)cc1. The molecule has 0 saturated carbocycles. The van der Waals surface area contributed by atoms with Crippen molar-refractivity contribution in [1.29, 1.82) is 0 Å². The summed E-state index contributed by atoms with van der Waals surface area (Å²) < 4.78 is 7.15. The van der Waals surface area contributed by atoms with Gasteiger partial charge in [0.05, 0.1) is 12.3 Å². The van der Waals surface area contributed by atoms with Crippen molar-refractivity contribution in [3.05, 3.63) is 57.0 Å². The Labute approximate surface area is 140 Å². The van der Waals surface area contributed by atoms with Gasteiger partial charge >= 0.3 is 0 Å². The van der Waals surface area contributed by atoms with Crippen LogP contribution in [0.15, 0.2) is 51.4 Å². The van der Waals surface area contributed by atoms with Crippen LogP contribution in [-0.4, -0.2) is 12.5 Å². The van der Waals surface area contributed by atoms with Gasteiger partial charge in [-0.05, 0) is 65.3 Å². The fraction of sp³-hybridized carbons (Fsp3) is 0.133. The highest BCUT2D eigenvalue weighted by Gasteiger charge is 2.06. The number of anilines is 1. The van der Waals surface area contributed by atoms with Crippen LogP contribution >= 0.6 is 31.9 Å². The van der Waals surface area contributed by atoms with Gasteiger partial charge in [-0.15, -0.1) is 0 Å². The normalized spacial score (nSPS) is 10.0. The Morgan fingerprint density at radius 2 is 1.86 bits per heavy atom. The molecule has 2 N–H and O–H groups in total. The molecule has 4 nitrogen and oxygen atoms in total. The van der Waals surface area contributed by atoms with E-state index in [1.807, 2.05) is 25.1 Å². The summed E-state index contributed by atoms with van der Waals surface area (Å²) in [5.41, 5.74) is 6.86. The van der Waals surface area contributed by atoms with E-state index in [0.717, 1.165) is 20.4 Å². The highest BCUT2D eigenvalue weighted by atomic mass is 79.9. The van der Waals surface area contributed by atoms with Crippen LogP contribution in [0, 0.1) is 0 Å². The smallest absolute Gasteiger partial charge is 0.269 e. The van der Waals surface area contributed by atoms with Crippen molar-refractivity contribution in [1.82, 2.24) is 5.43 Å². The molecule has 0 fully saturated rings. The molecule has 0 radical (unpaired) electrons. The average Bonchev–Trinajstić information content (AvgIpc) is 2.47. The summed E-state index contributed by atoms with van der Waals surface area (Å²) >= 11 is 6.80. The third kappa shape index (κ3) is 4.47. The number of halogens is 2. The zero-order valence-corrected chi connectivity index (χ0v) is 14.5. The maximum Gasteiger partial charge on any atom is 0.269 e. The Morgan fingerprint density at radius 3 is 2.48 bits per heavy atom. The quantitative estimate of drug-likeness (QED) is 0.715. The summed E-state index contributed by atoms with van der Waals surface area (Å²) in [6, 6.07) is 12.6. The molecule has 2 aromatic carbocycles. The molecule has 2 aromatic rings. The predicted molar refractivity (Wildman–Crippen MR) is 90.5 cm³/mol. The number of hydrazine groups is 1. The highest BCUT2D eigenvalue weighted by Crippen LogP contribution is 2.25. The molecule has 0 unspecified atom stereocenters. The number of amides is 1. The van der Waals surface area contributed by atoms with Crippen molar-refractivity contribution >= 4 is 43.5 Å². The van der Waals surface area contributed by atoms with Crippen LogP contribution in [0.2, 0.25) is 0 Å². The molecule has 0 aliphatic rings. The van der Waals surface area contributed by atoms with E-state index in [1.165, 1.54) is 0 Å². The lowest BCUT2D eigenvalue weighted by atomic mass is 10.2. The monoisotopic (exact) mass is 412 g/mol. The Kier molecular flexibility index (Phi) is 5.64. The van der Waals surface area contributed by atoms with E-state index in [2.05, 4.69) is 42.7 Å². The first kappa shape index (κ1) is 15.9. The van der Waals surface area contributed by atoms with Crippen molar-refractivity contribution in [3.63, 3.8) is 0 Å². The molecule has 0 spiro atoms. The number of nitrogens with one attached hydrogen (secondary N) is 2. The van der Waals surface area contributed by atoms with Crippen molar-refractivity contribution in [2.75, 3.05) is 12.0 Å². The summed E-state index contributed by atoms with van der Waals surface area (Å²) in [6.07, 6.45) is 0. The first-order chi connectivity index (χ1) is 10.1. The van der Waals surface area contributed by atoms with Crippen LogP contribution in [0.3, 0.4) is 0 Å². The van der Waals surface area contributed by atoms with Gasteiger partial charge in [-0.1, -0.05) is 15.9 Å². The third-order valence-electron chi connectivity index (χ3n) is 2.67. The first-order valence-corrected chi connectivity index (χ1v) is 7.93. The average molecular weight is 414 g/mol. The van der Waals surface area contributed by atoms with E-state index in [1.54, 1.807) is 24.3 Å². The Hall–Kier alpha value is -1.53. The van der Waals surface area contributed by atoms with Gasteiger partial charge in [0.2, 0.25) is 0 Å². The third-order valence-corrected chi connectivity index (χ3v) is 3.82. The van der Waals surface area contributed by atoms with Gasteiger partial charge in [0.15, 0.2) is 0 Å². The van der Waals surface area contributed by atoms with Crippen LogP contribution in [0.5, 0.6) is 5.75 Å². The lowest BCUT2D eigenvalue weighted by Crippen LogP contribution is -2.29. The largest absolute Gasteiger partial charge is 0.494 e. The summed E-state index contributed by atoms with van der Waals surface area (Å²) in [5.74, 6) is 0.533. The molecule has 0 aliphatic carbocycles. The number of carbonyl (C=O) groups excluding carboxylic acids is 1. The molecule has 0 bridgehead atoms. The molecule has 0 aliphatic heterocycles. The lowest BCUT2D eigenvalue weighted by Gasteiger charge is -2.11. The van der Waals surface area contributed by atoms with Gasteiger partial charge < -0.3 is 4.74 Å². The fourth-order valence-corrected chi connectivity index (χ4v) is 2.80. The van der Waals surface area contributed by atoms with Gasteiger partial charge in [0.1, 0.15) is 5.75 Å². The van der Waals surface area contributed by atoms with E-state index >= 15 is 0 Å². The molecule has 0 heterocycles. The maximum atomic E-state index is 12.0. The molecule has 110 valence electrons. The summed E-state index contributed by atoms with van der Waals surface area (Å²) in [7, 11) is 0. The molecule has 0 saturated heterocycles. The Balaban J connectivity index is 1.98. The van der Waals surface area contributed by atoms with Gasteiger partial charge in [-0.2, -0.15) is 0 Å². The van der Waals surface area contributed by atoms with Gasteiger partial charge in [-0.25, -0.2) is 0 Å². The van der Waals surface area contributed by atoms with E-state index in [4.69, 9.17) is 4.74 Å². The van der Waals surface area contributed by atoms with Crippen LogP contribution < -0.4 is 15.6 Å². The minimum absolute atomic E-state index is 0.215. The second-order valence-corrected chi connectivity index (χ2v) is 5.93. The van der Waals surface area contributed by atoms with Crippen molar-refractivity contribution < 1.29 is 9.53 Å². The molecule has 2 rings (SSSR count). The zero-order chi connectivity index (χ0) is 15.2. The van der Waals surface area contributed by atoms with E-state index < -0.39 is 0 Å². The van der Waals surface area contributed by atoms with E-state index in [-0.39, 0.29) is 5.91 Å². The van der Waals surface area contributed by atoms with Gasteiger partial charge in [0.25, 0.3) is 5.91 Å².